The largest absolute Gasteiger partial charge is 0.394 e. The van der Waals surface area contributed by atoms with E-state index in [-0.39, 0.29) is 30.7 Å². The van der Waals surface area contributed by atoms with E-state index in [4.69, 9.17) is 4.74 Å². The molecule has 0 bridgehead atoms. The number of hydrogen-bond acceptors (Lipinski definition) is 3. The quantitative estimate of drug-likeness (QED) is 0.775. The summed E-state index contributed by atoms with van der Waals surface area (Å²) >= 11 is 0. The summed E-state index contributed by atoms with van der Waals surface area (Å²) in [6.07, 6.45) is 4.54. The average Bonchev–Trinajstić information content (AvgIpc) is 3.18. The summed E-state index contributed by atoms with van der Waals surface area (Å²) in [6.45, 7) is 2.17. The Hall–Kier alpha value is -1.97. The number of carbonyl (C=O) groups is 1. The molecule has 2 aromatic carbocycles. The van der Waals surface area contributed by atoms with Gasteiger partial charge in [-0.25, -0.2) is 0 Å². The van der Waals surface area contributed by atoms with E-state index >= 15 is 0 Å². The van der Waals surface area contributed by atoms with Gasteiger partial charge in [0.05, 0.1) is 18.8 Å². The first-order valence-corrected chi connectivity index (χ1v) is 10.3. The maximum absolute atomic E-state index is 13.3. The zero-order valence-electron chi connectivity index (χ0n) is 15.8. The van der Waals surface area contributed by atoms with Crippen molar-refractivity contribution in [1.29, 1.82) is 0 Å². The van der Waals surface area contributed by atoms with Gasteiger partial charge in [0, 0.05) is 11.8 Å². The number of allylic oxidation sites excluding steroid dienone is 1. The summed E-state index contributed by atoms with van der Waals surface area (Å²) in [6, 6.07) is 12.8. The fourth-order valence-electron chi connectivity index (χ4n) is 5.52. The van der Waals surface area contributed by atoms with Crippen LogP contribution in [0.2, 0.25) is 0 Å². The molecule has 2 aromatic rings. The molecular formula is C24H26O3. The van der Waals surface area contributed by atoms with Crippen molar-refractivity contribution in [3.05, 3.63) is 53.1 Å². The van der Waals surface area contributed by atoms with Gasteiger partial charge in [-0.3, -0.25) is 4.79 Å². The standard InChI is InChI=1S/C24H26O3/c1-2-3-4-9-18-20-17-11-10-14-7-5-6-8-16(14)21(17)24-22(20)19(23(18)26)12-15(13-25)27-24/h5-8,10-11,15,19,22,24-25H,2-4,9,12-13H2,1H3. The van der Waals surface area contributed by atoms with Gasteiger partial charge in [-0.15, -0.1) is 0 Å². The summed E-state index contributed by atoms with van der Waals surface area (Å²) in [5.41, 5.74) is 4.74. The first-order valence-electron chi connectivity index (χ1n) is 10.3. The second-order valence-electron chi connectivity index (χ2n) is 8.19. The average molecular weight is 362 g/mol. The van der Waals surface area contributed by atoms with Crippen LogP contribution in [0.3, 0.4) is 0 Å². The number of unbranched alkanes of at least 4 members (excludes halogenated alkanes) is 2. The third-order valence-corrected chi connectivity index (χ3v) is 6.69. The first kappa shape index (κ1) is 17.2. The van der Waals surface area contributed by atoms with E-state index in [2.05, 4.69) is 43.3 Å². The zero-order valence-corrected chi connectivity index (χ0v) is 15.8. The highest BCUT2D eigenvalue weighted by molar-refractivity contribution is 6.12. The molecule has 140 valence electrons. The van der Waals surface area contributed by atoms with Gasteiger partial charge in [0.2, 0.25) is 0 Å². The van der Waals surface area contributed by atoms with Crippen LogP contribution >= 0.6 is 0 Å². The van der Waals surface area contributed by atoms with Crippen LogP contribution in [0.5, 0.6) is 0 Å². The Kier molecular flexibility index (Phi) is 4.18. The monoisotopic (exact) mass is 362 g/mol. The molecule has 1 saturated heterocycles. The topological polar surface area (TPSA) is 46.5 Å². The van der Waals surface area contributed by atoms with Gasteiger partial charge in [-0.2, -0.15) is 0 Å². The number of hydrogen-bond donors (Lipinski definition) is 1. The van der Waals surface area contributed by atoms with Gasteiger partial charge < -0.3 is 9.84 Å². The molecule has 1 heterocycles. The number of Topliss-reactive ketones (excluding diaryl/α,β-unsaturated/α-hetero) is 1. The first-order chi connectivity index (χ1) is 13.2. The number of carbonyl (C=O) groups excluding carboxylic acids is 1. The number of rotatable bonds is 5. The second kappa shape index (κ2) is 6.57. The highest BCUT2D eigenvalue weighted by Gasteiger charge is 2.55. The predicted molar refractivity (Wildman–Crippen MR) is 106 cm³/mol. The lowest BCUT2D eigenvalue weighted by Gasteiger charge is -2.35. The summed E-state index contributed by atoms with van der Waals surface area (Å²) < 4.78 is 6.36. The molecule has 4 atom stereocenters. The molecule has 1 aliphatic heterocycles. The van der Waals surface area contributed by atoms with Crippen molar-refractivity contribution in [2.45, 2.75) is 51.2 Å². The maximum Gasteiger partial charge on any atom is 0.163 e. The molecule has 0 aromatic heterocycles. The van der Waals surface area contributed by atoms with Crippen LogP contribution in [-0.4, -0.2) is 23.6 Å². The molecule has 0 saturated carbocycles. The zero-order chi connectivity index (χ0) is 18.5. The molecular weight excluding hydrogens is 336 g/mol. The summed E-state index contributed by atoms with van der Waals surface area (Å²) in [5, 5.41) is 12.2. The molecule has 3 nitrogen and oxygen atoms in total. The Balaban J connectivity index is 1.70. The Bertz CT molecular complexity index is 942. The highest BCUT2D eigenvalue weighted by Crippen LogP contribution is 2.61. The van der Waals surface area contributed by atoms with Crippen molar-refractivity contribution in [1.82, 2.24) is 0 Å². The fourth-order valence-corrected chi connectivity index (χ4v) is 5.52. The molecule has 3 heteroatoms. The maximum atomic E-state index is 13.3. The predicted octanol–water partition coefficient (Wildman–Crippen LogP) is 4.82. The minimum atomic E-state index is -0.249. The van der Waals surface area contributed by atoms with E-state index in [0.717, 1.165) is 31.3 Å². The Morgan fingerprint density at radius 1 is 1.15 bits per heavy atom. The number of aliphatic hydroxyl groups excluding tert-OH is 1. The molecule has 3 aliphatic rings. The SMILES string of the molecule is CCCCCC1=C2c3ccc4ccccc4c3C3OC(CO)CC(C1=O)C23. The van der Waals surface area contributed by atoms with Crippen LogP contribution < -0.4 is 0 Å². The van der Waals surface area contributed by atoms with Crippen LogP contribution in [0.25, 0.3) is 16.3 Å². The van der Waals surface area contributed by atoms with E-state index < -0.39 is 0 Å². The molecule has 2 aliphatic carbocycles. The fraction of sp³-hybridized carbons (Fsp3) is 0.458. The molecule has 0 amide bonds. The number of aliphatic hydroxyl groups is 1. The van der Waals surface area contributed by atoms with Crippen LogP contribution in [0.4, 0.5) is 0 Å². The van der Waals surface area contributed by atoms with Gasteiger partial charge in [0.25, 0.3) is 0 Å². The Labute approximate surface area is 160 Å². The number of ketones is 1. The molecule has 1 N–H and O–H groups in total. The molecule has 4 unspecified atom stereocenters. The lowest BCUT2D eigenvalue weighted by molar-refractivity contribution is -0.136. The minimum Gasteiger partial charge on any atom is -0.394 e. The second-order valence-corrected chi connectivity index (χ2v) is 8.19. The highest BCUT2D eigenvalue weighted by atomic mass is 16.5. The molecule has 27 heavy (non-hydrogen) atoms. The van der Waals surface area contributed by atoms with E-state index in [9.17, 15) is 9.90 Å². The third-order valence-electron chi connectivity index (χ3n) is 6.69. The third kappa shape index (κ3) is 2.45. The van der Waals surface area contributed by atoms with Gasteiger partial charge >= 0.3 is 0 Å². The Morgan fingerprint density at radius 3 is 2.81 bits per heavy atom. The number of benzene rings is 2. The van der Waals surface area contributed by atoms with Gasteiger partial charge in [-0.1, -0.05) is 56.2 Å². The van der Waals surface area contributed by atoms with Crippen molar-refractivity contribution in [3.63, 3.8) is 0 Å². The van der Waals surface area contributed by atoms with E-state index in [1.807, 2.05) is 0 Å². The summed E-state index contributed by atoms with van der Waals surface area (Å²) in [4.78, 5) is 13.3. The van der Waals surface area contributed by atoms with Crippen LogP contribution in [-0.2, 0) is 9.53 Å². The lowest BCUT2D eigenvalue weighted by atomic mass is 9.81. The van der Waals surface area contributed by atoms with Gasteiger partial charge in [0.1, 0.15) is 0 Å². The summed E-state index contributed by atoms with van der Waals surface area (Å²) in [7, 11) is 0. The molecule has 0 radical (unpaired) electrons. The number of fused-ring (bicyclic) bond motifs is 5. The van der Waals surface area contributed by atoms with Crippen molar-refractivity contribution < 1.29 is 14.6 Å². The normalized spacial score (nSPS) is 28.7. The van der Waals surface area contributed by atoms with Crippen molar-refractivity contribution >= 4 is 22.1 Å². The van der Waals surface area contributed by atoms with Crippen molar-refractivity contribution in [2.75, 3.05) is 6.61 Å². The van der Waals surface area contributed by atoms with Crippen molar-refractivity contribution in [2.24, 2.45) is 11.8 Å². The van der Waals surface area contributed by atoms with E-state index in [0.29, 0.717) is 12.2 Å². The molecule has 0 spiro atoms. The minimum absolute atomic E-state index is 0.0202. The number of ether oxygens (including phenoxy) is 1. The van der Waals surface area contributed by atoms with E-state index in [1.54, 1.807) is 0 Å². The van der Waals surface area contributed by atoms with Gasteiger partial charge in [0.15, 0.2) is 5.78 Å². The van der Waals surface area contributed by atoms with E-state index in [1.165, 1.54) is 27.5 Å². The van der Waals surface area contributed by atoms with Crippen molar-refractivity contribution in [3.8, 4) is 0 Å². The smallest absolute Gasteiger partial charge is 0.163 e. The summed E-state index contributed by atoms with van der Waals surface area (Å²) in [5.74, 6) is 0.424. The Morgan fingerprint density at radius 2 is 2.00 bits per heavy atom. The molecule has 5 rings (SSSR count). The lowest BCUT2D eigenvalue weighted by Crippen LogP contribution is -2.37. The van der Waals surface area contributed by atoms with Crippen LogP contribution in [0, 0.1) is 11.8 Å². The van der Waals surface area contributed by atoms with Gasteiger partial charge in [-0.05, 0) is 52.3 Å². The van der Waals surface area contributed by atoms with Crippen LogP contribution in [0.15, 0.2) is 42.0 Å². The molecule has 1 fully saturated rings. The van der Waals surface area contributed by atoms with Crippen LogP contribution in [0.1, 0.15) is 56.3 Å².